The van der Waals surface area contributed by atoms with E-state index in [2.05, 4.69) is 4.99 Å². The lowest BCUT2D eigenvalue weighted by atomic mass is 10.0. The molecule has 2 rings (SSSR count). The van der Waals surface area contributed by atoms with Gasteiger partial charge in [0.05, 0.1) is 0 Å². The molecule has 3 atom stereocenters. The molecule has 20 heavy (non-hydrogen) atoms. The van der Waals surface area contributed by atoms with Crippen molar-refractivity contribution >= 4 is 11.7 Å². The fourth-order valence-corrected chi connectivity index (χ4v) is 2.75. The number of halogens is 5. The molecule has 0 aromatic carbocycles. The average molecular weight is 298 g/mol. The fourth-order valence-electron chi connectivity index (χ4n) is 2.75. The van der Waals surface area contributed by atoms with Crippen LogP contribution in [0.3, 0.4) is 0 Å². The molecule has 2 aliphatic carbocycles. The van der Waals surface area contributed by atoms with Gasteiger partial charge in [-0.1, -0.05) is 6.92 Å². The molecule has 9 heteroatoms. The molecule has 0 amide bonds. The predicted molar refractivity (Wildman–Crippen MR) is 58.3 cm³/mol. The highest BCUT2D eigenvalue weighted by Crippen LogP contribution is 2.66. The van der Waals surface area contributed by atoms with Crippen LogP contribution in [0.15, 0.2) is 16.3 Å². The molecule has 0 radical (unpaired) electrons. The second kappa shape index (κ2) is 4.16. The van der Waals surface area contributed by atoms with Gasteiger partial charge in [-0.05, 0) is 5.92 Å². The lowest BCUT2D eigenvalue weighted by molar-refractivity contribution is -0.135. The number of nitrogens with zero attached hydrogens (tertiary/aromatic N) is 1. The zero-order valence-corrected chi connectivity index (χ0v) is 10.2. The summed E-state index contributed by atoms with van der Waals surface area (Å²) in [5.41, 5.74) is 1.45. The third kappa shape index (κ3) is 2.04. The third-order valence-corrected chi connectivity index (χ3v) is 3.67. The first-order valence-corrected chi connectivity index (χ1v) is 5.71. The SMILES string of the molecule is C[C@@H]1[C@@H]2C(=C(N)C(F)(F)F)C(=NCC(=O)O)C(F)(F)[C@H]12. The number of carboxylic acids is 1. The summed E-state index contributed by atoms with van der Waals surface area (Å²) in [6.07, 6.45) is -4.95. The maximum absolute atomic E-state index is 14.0. The standard InChI is InChI=1S/C11H11F5N2O2/c1-3-5-6(8(17)11(14,15)16)9(18-2-4(19)20)10(12,13)7(3)5/h3,5,7H,2,17H2,1H3,(H,19,20)/t3-,5-,7-/m1/s1. The Morgan fingerprint density at radius 2 is 2.00 bits per heavy atom. The quantitative estimate of drug-likeness (QED) is 0.764. The van der Waals surface area contributed by atoms with Gasteiger partial charge in [-0.15, -0.1) is 0 Å². The highest BCUT2D eigenvalue weighted by atomic mass is 19.4. The fraction of sp³-hybridized carbons (Fsp3) is 0.636. The number of carbonyl (C=O) groups is 1. The van der Waals surface area contributed by atoms with E-state index in [0.717, 1.165) is 0 Å². The number of hydrogen-bond acceptors (Lipinski definition) is 3. The summed E-state index contributed by atoms with van der Waals surface area (Å²) in [6, 6.07) is 0. The van der Waals surface area contributed by atoms with Crippen molar-refractivity contribution in [2.45, 2.75) is 19.0 Å². The minimum Gasteiger partial charge on any atom is -0.480 e. The minimum absolute atomic E-state index is 0.635. The molecule has 0 aliphatic heterocycles. The molecular weight excluding hydrogens is 287 g/mol. The molecule has 0 aromatic heterocycles. The Labute approximate surface area is 110 Å². The smallest absolute Gasteiger partial charge is 0.431 e. The summed E-state index contributed by atoms with van der Waals surface area (Å²) in [4.78, 5) is 13.5. The number of aliphatic imine (C=N–C) groups is 1. The lowest BCUT2D eigenvalue weighted by Gasteiger charge is -2.18. The van der Waals surface area contributed by atoms with E-state index in [1.54, 1.807) is 0 Å². The zero-order valence-electron chi connectivity index (χ0n) is 10.2. The predicted octanol–water partition coefficient (Wildman–Crippen LogP) is 1.82. The molecule has 0 bridgehead atoms. The molecule has 2 aliphatic rings. The first-order chi connectivity index (χ1) is 8.99. The Balaban J connectivity index is 2.52. The van der Waals surface area contributed by atoms with Crippen molar-refractivity contribution in [2.24, 2.45) is 28.5 Å². The average Bonchev–Trinajstić information content (AvgIpc) is 2.85. The van der Waals surface area contributed by atoms with Gasteiger partial charge in [0, 0.05) is 17.4 Å². The van der Waals surface area contributed by atoms with E-state index in [1.807, 2.05) is 0 Å². The van der Waals surface area contributed by atoms with Gasteiger partial charge in [0.2, 0.25) is 0 Å². The lowest BCUT2D eigenvalue weighted by Crippen LogP contribution is -2.33. The Morgan fingerprint density at radius 3 is 2.45 bits per heavy atom. The van der Waals surface area contributed by atoms with Crippen LogP contribution in [0.25, 0.3) is 0 Å². The molecule has 2 fully saturated rings. The Kier molecular flexibility index (Phi) is 3.06. The number of hydrogen-bond donors (Lipinski definition) is 2. The molecule has 3 N–H and O–H groups in total. The van der Waals surface area contributed by atoms with Crippen molar-refractivity contribution in [3.8, 4) is 0 Å². The molecule has 0 unspecified atom stereocenters. The van der Waals surface area contributed by atoms with Crippen molar-refractivity contribution in [1.82, 2.24) is 0 Å². The molecule has 0 saturated heterocycles. The summed E-state index contributed by atoms with van der Waals surface area (Å²) in [6.45, 7) is 0.383. The molecular formula is C11H11F5N2O2. The van der Waals surface area contributed by atoms with Crippen LogP contribution < -0.4 is 5.73 Å². The number of rotatable bonds is 2. The van der Waals surface area contributed by atoms with Gasteiger partial charge in [0.15, 0.2) is 0 Å². The second-order valence-electron chi connectivity index (χ2n) is 4.92. The Bertz CT molecular complexity index is 523. The van der Waals surface area contributed by atoms with Crippen molar-refractivity contribution in [1.29, 1.82) is 0 Å². The normalized spacial score (nSPS) is 35.9. The molecule has 0 aromatic rings. The summed E-state index contributed by atoms with van der Waals surface area (Å²) in [7, 11) is 0. The van der Waals surface area contributed by atoms with Gasteiger partial charge in [-0.2, -0.15) is 22.0 Å². The Hall–Kier alpha value is -1.67. The van der Waals surface area contributed by atoms with Crippen LogP contribution in [-0.2, 0) is 4.79 Å². The number of fused-ring (bicyclic) bond motifs is 1. The van der Waals surface area contributed by atoms with Gasteiger partial charge in [-0.3, -0.25) is 9.79 Å². The van der Waals surface area contributed by atoms with Crippen molar-refractivity contribution in [2.75, 3.05) is 6.54 Å². The van der Waals surface area contributed by atoms with E-state index in [-0.39, 0.29) is 0 Å². The van der Waals surface area contributed by atoms with Crippen LogP contribution in [-0.4, -0.2) is 35.4 Å². The maximum Gasteiger partial charge on any atom is 0.431 e. The summed E-state index contributed by atoms with van der Waals surface area (Å²) in [5, 5.41) is 8.44. The molecule has 0 spiro atoms. The number of nitrogens with two attached hydrogens (primary N) is 1. The van der Waals surface area contributed by atoms with E-state index in [9.17, 15) is 26.7 Å². The van der Waals surface area contributed by atoms with Gasteiger partial charge in [0.25, 0.3) is 5.92 Å². The number of carboxylic acid groups (broad SMARTS) is 1. The van der Waals surface area contributed by atoms with Crippen molar-refractivity contribution in [3.63, 3.8) is 0 Å². The van der Waals surface area contributed by atoms with Crippen molar-refractivity contribution < 1.29 is 31.9 Å². The highest BCUT2D eigenvalue weighted by molar-refractivity contribution is 6.11. The van der Waals surface area contributed by atoms with E-state index < -0.39 is 59.3 Å². The molecule has 2 saturated carbocycles. The van der Waals surface area contributed by atoms with Crippen LogP contribution in [0.4, 0.5) is 22.0 Å². The van der Waals surface area contributed by atoms with Crippen LogP contribution in [0.5, 0.6) is 0 Å². The van der Waals surface area contributed by atoms with Gasteiger partial charge < -0.3 is 10.8 Å². The van der Waals surface area contributed by atoms with Crippen LogP contribution >= 0.6 is 0 Å². The zero-order chi connectivity index (χ0) is 15.5. The van der Waals surface area contributed by atoms with E-state index in [4.69, 9.17) is 10.8 Å². The second-order valence-corrected chi connectivity index (χ2v) is 4.92. The summed E-state index contributed by atoms with van der Waals surface area (Å²) >= 11 is 0. The summed E-state index contributed by atoms with van der Waals surface area (Å²) in [5.74, 6) is -8.02. The number of aliphatic carboxylic acids is 1. The van der Waals surface area contributed by atoms with Crippen LogP contribution in [0, 0.1) is 17.8 Å². The minimum atomic E-state index is -4.95. The van der Waals surface area contributed by atoms with Crippen molar-refractivity contribution in [3.05, 3.63) is 11.3 Å². The van der Waals surface area contributed by atoms with Crippen LogP contribution in [0.1, 0.15) is 6.92 Å². The first kappa shape index (κ1) is 14.7. The molecule has 4 nitrogen and oxygen atoms in total. The number of alkyl halides is 5. The number of allylic oxidation sites excluding steroid dienone is 2. The van der Waals surface area contributed by atoms with Crippen LogP contribution in [0.2, 0.25) is 0 Å². The molecule has 0 heterocycles. The highest BCUT2D eigenvalue weighted by Gasteiger charge is 2.72. The summed E-state index contributed by atoms with van der Waals surface area (Å²) < 4.78 is 65.9. The van der Waals surface area contributed by atoms with E-state index >= 15 is 0 Å². The van der Waals surface area contributed by atoms with E-state index in [1.165, 1.54) is 6.92 Å². The van der Waals surface area contributed by atoms with Gasteiger partial charge in [0.1, 0.15) is 18.0 Å². The molecule has 112 valence electrons. The maximum atomic E-state index is 14.0. The monoisotopic (exact) mass is 298 g/mol. The van der Waals surface area contributed by atoms with Gasteiger partial charge >= 0.3 is 12.1 Å². The van der Waals surface area contributed by atoms with Gasteiger partial charge in [-0.25, -0.2) is 0 Å². The topological polar surface area (TPSA) is 75.7 Å². The Morgan fingerprint density at radius 1 is 1.45 bits per heavy atom. The van der Waals surface area contributed by atoms with E-state index in [0.29, 0.717) is 0 Å². The first-order valence-electron chi connectivity index (χ1n) is 5.71. The largest absolute Gasteiger partial charge is 0.480 e. The third-order valence-electron chi connectivity index (χ3n) is 3.67.